The van der Waals surface area contributed by atoms with Gasteiger partial charge in [-0.3, -0.25) is 0 Å². The van der Waals surface area contributed by atoms with Crippen molar-refractivity contribution in [2.75, 3.05) is 6.54 Å². The molecule has 0 spiro atoms. The highest BCUT2D eigenvalue weighted by Gasteiger charge is 2.41. The zero-order valence-corrected chi connectivity index (χ0v) is 9.58. The maximum absolute atomic E-state index is 11.9. The van der Waals surface area contributed by atoms with Gasteiger partial charge in [0.2, 0.25) is 10.0 Å². The Hall–Kier alpha value is -1.12. The first-order valence-electron chi connectivity index (χ1n) is 4.66. The molecule has 0 aromatic carbocycles. The van der Waals surface area contributed by atoms with E-state index >= 15 is 0 Å². The second kappa shape index (κ2) is 4.17. The molecule has 15 heavy (non-hydrogen) atoms. The van der Waals surface area contributed by atoms with Crippen LogP contribution >= 0.6 is 0 Å². The van der Waals surface area contributed by atoms with Crippen molar-refractivity contribution >= 4 is 10.0 Å². The molecule has 0 saturated heterocycles. The largest absolute Gasteiger partial charge is 0.222 e. The number of nitrogens with zero attached hydrogens (tertiary/aromatic N) is 1. The highest BCUT2D eigenvalue weighted by molar-refractivity contribution is 7.91. The molecule has 1 aliphatic carbocycles. The Balaban J connectivity index is 3.01. The van der Waals surface area contributed by atoms with Gasteiger partial charge in [-0.05, 0) is 12.8 Å². The molecule has 0 aliphatic heterocycles. The average Bonchev–Trinajstić information content (AvgIpc) is 2.19. The van der Waals surface area contributed by atoms with Gasteiger partial charge in [0.15, 0.2) is 0 Å². The molecular weight excluding hydrogens is 212 g/mol. The second-order valence-corrected chi connectivity index (χ2v) is 5.87. The minimum atomic E-state index is -3.50. The zero-order chi connectivity index (χ0) is 11.5. The van der Waals surface area contributed by atoms with Crippen molar-refractivity contribution in [2.45, 2.75) is 18.6 Å². The van der Waals surface area contributed by atoms with Crippen LogP contribution in [0, 0.1) is 17.2 Å². The zero-order valence-electron chi connectivity index (χ0n) is 8.77. The summed E-state index contributed by atoms with van der Waals surface area (Å²) in [6.07, 6.45) is 7.03. The van der Waals surface area contributed by atoms with E-state index in [2.05, 4.69) is 4.72 Å². The summed E-state index contributed by atoms with van der Waals surface area (Å²) in [5.74, 6) is -0.112. The fraction of sp³-hybridized carbons (Fsp3) is 0.500. The van der Waals surface area contributed by atoms with Gasteiger partial charge < -0.3 is 0 Å². The molecule has 0 amide bonds. The van der Waals surface area contributed by atoms with Gasteiger partial charge in [0, 0.05) is 0 Å². The van der Waals surface area contributed by atoms with E-state index in [4.69, 9.17) is 5.26 Å². The number of sulfonamides is 1. The fourth-order valence-corrected chi connectivity index (χ4v) is 2.83. The van der Waals surface area contributed by atoms with Gasteiger partial charge in [0.1, 0.15) is 4.75 Å². The minimum absolute atomic E-state index is 0.112. The normalized spacial score (nSPS) is 30.1. The van der Waals surface area contributed by atoms with Gasteiger partial charge in [-0.25, -0.2) is 13.1 Å². The Morgan fingerprint density at radius 2 is 2.20 bits per heavy atom. The first kappa shape index (κ1) is 12.0. The molecule has 0 bridgehead atoms. The highest BCUT2D eigenvalue weighted by atomic mass is 32.2. The number of hydrogen-bond acceptors (Lipinski definition) is 3. The summed E-state index contributed by atoms with van der Waals surface area (Å²) >= 11 is 0. The van der Waals surface area contributed by atoms with Crippen LogP contribution in [0.15, 0.2) is 24.3 Å². The summed E-state index contributed by atoms with van der Waals surface area (Å²) in [5, 5.41) is 8.37. The maximum Gasteiger partial charge on any atom is 0.222 e. The summed E-state index contributed by atoms with van der Waals surface area (Å²) in [4.78, 5) is 0. The maximum atomic E-state index is 11.9. The number of nitrogens with one attached hydrogen (secondary N) is 1. The van der Waals surface area contributed by atoms with Crippen molar-refractivity contribution < 1.29 is 8.42 Å². The Labute approximate surface area is 90.3 Å². The van der Waals surface area contributed by atoms with E-state index in [0.29, 0.717) is 0 Å². The molecule has 82 valence electrons. The van der Waals surface area contributed by atoms with Crippen molar-refractivity contribution in [1.82, 2.24) is 4.72 Å². The molecule has 0 aromatic rings. The molecule has 1 aliphatic rings. The number of hydrogen-bond donors (Lipinski definition) is 1. The van der Waals surface area contributed by atoms with Crippen LogP contribution in [0.5, 0.6) is 0 Å². The SMILES string of the molecule is CC1C=CC=CC1(C)S(=O)(=O)NCC#N. The number of nitriles is 1. The Morgan fingerprint density at radius 1 is 1.53 bits per heavy atom. The van der Waals surface area contributed by atoms with E-state index in [9.17, 15) is 8.42 Å². The molecule has 4 nitrogen and oxygen atoms in total. The molecule has 0 radical (unpaired) electrons. The molecule has 5 heteroatoms. The molecule has 2 atom stereocenters. The summed E-state index contributed by atoms with van der Waals surface area (Å²) in [5.41, 5.74) is 0. The number of rotatable bonds is 3. The van der Waals surface area contributed by atoms with Gasteiger partial charge >= 0.3 is 0 Å². The summed E-state index contributed by atoms with van der Waals surface area (Å²) in [6, 6.07) is 1.76. The second-order valence-electron chi connectivity index (χ2n) is 3.70. The van der Waals surface area contributed by atoms with E-state index in [1.807, 2.05) is 19.1 Å². The first-order chi connectivity index (χ1) is 6.94. The van der Waals surface area contributed by atoms with Crippen LogP contribution in [0.2, 0.25) is 0 Å². The third-order valence-corrected chi connectivity index (χ3v) is 4.95. The van der Waals surface area contributed by atoms with Crippen LogP contribution in [-0.2, 0) is 10.0 Å². The van der Waals surface area contributed by atoms with Crippen LogP contribution in [0.1, 0.15) is 13.8 Å². The molecule has 0 heterocycles. The van der Waals surface area contributed by atoms with Crippen LogP contribution in [0.25, 0.3) is 0 Å². The molecule has 2 unspecified atom stereocenters. The lowest BCUT2D eigenvalue weighted by molar-refractivity contribution is 0.505. The summed E-state index contributed by atoms with van der Waals surface area (Å²) < 4.78 is 25.2. The van der Waals surface area contributed by atoms with Crippen molar-refractivity contribution in [3.8, 4) is 6.07 Å². The molecule has 0 aromatic heterocycles. The van der Waals surface area contributed by atoms with Crippen LogP contribution in [-0.4, -0.2) is 19.7 Å². The van der Waals surface area contributed by atoms with Crippen molar-refractivity contribution in [1.29, 1.82) is 5.26 Å². The minimum Gasteiger partial charge on any atom is -0.211 e. The highest BCUT2D eigenvalue weighted by Crippen LogP contribution is 2.31. The topological polar surface area (TPSA) is 70.0 Å². The molecule has 0 saturated carbocycles. The van der Waals surface area contributed by atoms with Crippen LogP contribution < -0.4 is 4.72 Å². The number of allylic oxidation sites excluding steroid dienone is 3. The Morgan fingerprint density at radius 3 is 2.73 bits per heavy atom. The van der Waals surface area contributed by atoms with Gasteiger partial charge in [-0.2, -0.15) is 5.26 Å². The lowest BCUT2D eigenvalue weighted by atomic mass is 9.91. The van der Waals surface area contributed by atoms with E-state index in [1.165, 1.54) is 0 Å². The first-order valence-corrected chi connectivity index (χ1v) is 6.14. The van der Waals surface area contributed by atoms with Crippen LogP contribution in [0.3, 0.4) is 0 Å². The predicted octanol–water partition coefficient (Wildman–Crippen LogP) is 0.950. The van der Waals surface area contributed by atoms with Gasteiger partial charge in [0.25, 0.3) is 0 Å². The van der Waals surface area contributed by atoms with Crippen molar-refractivity contribution in [3.63, 3.8) is 0 Å². The Bertz CT molecular complexity index is 431. The average molecular weight is 226 g/mol. The summed E-state index contributed by atoms with van der Waals surface area (Å²) in [7, 11) is -3.50. The Kier molecular flexibility index (Phi) is 3.32. The smallest absolute Gasteiger partial charge is 0.211 e. The monoisotopic (exact) mass is 226 g/mol. The third-order valence-electron chi connectivity index (χ3n) is 2.76. The van der Waals surface area contributed by atoms with E-state index in [-0.39, 0.29) is 12.5 Å². The van der Waals surface area contributed by atoms with E-state index in [1.54, 1.807) is 25.1 Å². The standard InChI is InChI=1S/C10H14N2O2S/c1-9-5-3-4-6-10(9,2)15(13,14)12-8-7-11/h3-6,9,12H,8H2,1-2H3. The van der Waals surface area contributed by atoms with Crippen molar-refractivity contribution in [2.24, 2.45) is 5.92 Å². The fourth-order valence-electron chi connectivity index (χ4n) is 1.44. The van der Waals surface area contributed by atoms with Gasteiger partial charge in [-0.15, -0.1) is 0 Å². The molecule has 0 fully saturated rings. The molecular formula is C10H14N2O2S. The lowest BCUT2D eigenvalue weighted by Crippen LogP contribution is -2.47. The molecule has 1 rings (SSSR count). The third kappa shape index (κ3) is 2.11. The van der Waals surface area contributed by atoms with Crippen LogP contribution in [0.4, 0.5) is 0 Å². The van der Waals surface area contributed by atoms with Gasteiger partial charge in [0.05, 0.1) is 12.6 Å². The summed E-state index contributed by atoms with van der Waals surface area (Å²) in [6.45, 7) is 3.30. The van der Waals surface area contributed by atoms with E-state index in [0.717, 1.165) is 0 Å². The molecule has 1 N–H and O–H groups in total. The van der Waals surface area contributed by atoms with Gasteiger partial charge in [-0.1, -0.05) is 31.2 Å². The lowest BCUT2D eigenvalue weighted by Gasteiger charge is -2.31. The van der Waals surface area contributed by atoms with E-state index < -0.39 is 14.8 Å². The quantitative estimate of drug-likeness (QED) is 0.728. The predicted molar refractivity (Wildman–Crippen MR) is 58.4 cm³/mol. The van der Waals surface area contributed by atoms with Crippen molar-refractivity contribution in [3.05, 3.63) is 24.3 Å².